The molecule has 0 radical (unpaired) electrons. The number of aromatic nitrogens is 2. The predicted molar refractivity (Wildman–Crippen MR) is 69.5 cm³/mol. The quantitative estimate of drug-likeness (QED) is 0.784. The van der Waals surface area contributed by atoms with Crippen LogP contribution in [0.5, 0.6) is 0 Å². The van der Waals surface area contributed by atoms with Crippen molar-refractivity contribution in [3.63, 3.8) is 0 Å². The van der Waals surface area contributed by atoms with Crippen molar-refractivity contribution in [1.29, 1.82) is 0 Å². The van der Waals surface area contributed by atoms with E-state index in [1.165, 1.54) is 4.90 Å². The number of imide groups is 1. The number of rotatable bonds is 5. The Labute approximate surface area is 111 Å². The van der Waals surface area contributed by atoms with E-state index in [1.54, 1.807) is 6.20 Å². The van der Waals surface area contributed by atoms with Gasteiger partial charge in [-0.25, -0.2) is 4.79 Å². The van der Waals surface area contributed by atoms with Crippen molar-refractivity contribution in [2.24, 2.45) is 0 Å². The second-order valence-electron chi connectivity index (χ2n) is 4.67. The van der Waals surface area contributed by atoms with Gasteiger partial charge in [-0.05, 0) is 19.9 Å². The normalized spacial score (nSPS) is 18.2. The maximum absolute atomic E-state index is 11.8. The van der Waals surface area contributed by atoms with Gasteiger partial charge in [0.15, 0.2) is 0 Å². The van der Waals surface area contributed by atoms with Gasteiger partial charge in [0.25, 0.3) is 0 Å². The largest absolute Gasteiger partial charge is 0.336 e. The van der Waals surface area contributed by atoms with Gasteiger partial charge in [-0.2, -0.15) is 5.10 Å². The molecule has 1 fully saturated rings. The number of nitrogens with zero attached hydrogens (tertiary/aromatic N) is 3. The summed E-state index contributed by atoms with van der Waals surface area (Å²) in [5.74, 6) is -0.200. The average molecular weight is 265 g/mol. The summed E-state index contributed by atoms with van der Waals surface area (Å²) in [6.07, 6.45) is 3.61. The molecule has 2 heterocycles. The summed E-state index contributed by atoms with van der Waals surface area (Å²) in [7, 11) is 0. The summed E-state index contributed by atoms with van der Waals surface area (Å²) in [6.45, 7) is 5.15. The Morgan fingerprint density at radius 3 is 2.95 bits per heavy atom. The Morgan fingerprint density at radius 2 is 2.37 bits per heavy atom. The molecular formula is C12H19N5O2. The Balaban J connectivity index is 1.81. The van der Waals surface area contributed by atoms with Crippen LogP contribution in [0.1, 0.15) is 19.9 Å². The Morgan fingerprint density at radius 1 is 1.58 bits per heavy atom. The second-order valence-corrected chi connectivity index (χ2v) is 4.67. The van der Waals surface area contributed by atoms with Gasteiger partial charge in [-0.15, -0.1) is 0 Å². The monoisotopic (exact) mass is 265 g/mol. The third-order valence-corrected chi connectivity index (χ3v) is 3.40. The maximum atomic E-state index is 11.8. The molecule has 7 heteroatoms. The van der Waals surface area contributed by atoms with Crippen LogP contribution in [0.25, 0.3) is 0 Å². The molecule has 2 atom stereocenters. The molecule has 7 nitrogen and oxygen atoms in total. The zero-order chi connectivity index (χ0) is 13.8. The zero-order valence-electron chi connectivity index (χ0n) is 11.2. The van der Waals surface area contributed by atoms with Crippen molar-refractivity contribution in [3.05, 3.63) is 18.5 Å². The molecule has 0 spiro atoms. The van der Waals surface area contributed by atoms with Crippen molar-refractivity contribution < 1.29 is 9.59 Å². The van der Waals surface area contributed by atoms with Gasteiger partial charge in [0, 0.05) is 31.5 Å². The molecule has 0 aromatic carbocycles. The molecule has 1 saturated heterocycles. The number of carbonyl (C=O) groups is 2. The molecule has 19 heavy (non-hydrogen) atoms. The minimum Gasteiger partial charge on any atom is -0.336 e. The third kappa shape index (κ3) is 3.11. The number of nitrogens with one attached hydrogen (secondary N) is 2. The number of hydrogen-bond donors (Lipinski definition) is 2. The van der Waals surface area contributed by atoms with E-state index >= 15 is 0 Å². The number of hydrogen-bond acceptors (Lipinski definition) is 4. The van der Waals surface area contributed by atoms with Gasteiger partial charge < -0.3 is 10.6 Å². The molecule has 0 unspecified atom stereocenters. The second kappa shape index (κ2) is 5.83. The van der Waals surface area contributed by atoms with E-state index in [9.17, 15) is 9.59 Å². The molecule has 0 aliphatic carbocycles. The standard InChI is InChI=1S/C12H19N5O2/c1-9(10(2)17-6-3-4-15-17)14-8-11(18)16-7-5-13-12(16)19/h3-4,6,9-10,14H,5,7-8H2,1-2H3,(H,13,19)/t9-,10-/m1/s1. The number of urea groups is 1. The third-order valence-electron chi connectivity index (χ3n) is 3.40. The SMILES string of the molecule is C[C@H]([C@@H](C)NCC(=O)N1CCNC1=O)n1cccn1. The summed E-state index contributed by atoms with van der Waals surface area (Å²) in [5.41, 5.74) is 0. The smallest absolute Gasteiger partial charge is 0.324 e. The molecule has 1 aliphatic heterocycles. The Bertz CT molecular complexity index is 445. The van der Waals surface area contributed by atoms with Crippen LogP contribution in [0.15, 0.2) is 18.5 Å². The average Bonchev–Trinajstić information content (AvgIpc) is 3.05. The van der Waals surface area contributed by atoms with Crippen LogP contribution < -0.4 is 10.6 Å². The van der Waals surface area contributed by atoms with Crippen LogP contribution in [-0.4, -0.2) is 52.3 Å². The fourth-order valence-electron chi connectivity index (χ4n) is 1.97. The molecule has 0 saturated carbocycles. The van der Waals surface area contributed by atoms with E-state index in [1.807, 2.05) is 30.8 Å². The molecular weight excluding hydrogens is 246 g/mol. The van der Waals surface area contributed by atoms with Crippen molar-refractivity contribution in [2.45, 2.75) is 25.9 Å². The minimum absolute atomic E-state index is 0.0783. The van der Waals surface area contributed by atoms with Crippen LogP contribution >= 0.6 is 0 Å². The van der Waals surface area contributed by atoms with E-state index < -0.39 is 0 Å². The summed E-state index contributed by atoms with van der Waals surface area (Å²) < 4.78 is 1.84. The molecule has 2 N–H and O–H groups in total. The van der Waals surface area contributed by atoms with E-state index in [2.05, 4.69) is 15.7 Å². The molecule has 0 bridgehead atoms. The summed E-state index contributed by atoms with van der Waals surface area (Å²) in [4.78, 5) is 24.4. The topological polar surface area (TPSA) is 79.3 Å². The van der Waals surface area contributed by atoms with Crippen LogP contribution in [0.3, 0.4) is 0 Å². The maximum Gasteiger partial charge on any atom is 0.324 e. The highest BCUT2D eigenvalue weighted by Gasteiger charge is 2.26. The lowest BCUT2D eigenvalue weighted by atomic mass is 10.2. The Hall–Kier alpha value is -1.89. The van der Waals surface area contributed by atoms with Crippen LogP contribution in [-0.2, 0) is 4.79 Å². The molecule has 3 amide bonds. The highest BCUT2D eigenvalue weighted by molar-refractivity contribution is 5.96. The number of carbonyl (C=O) groups excluding carboxylic acids is 2. The van der Waals surface area contributed by atoms with Gasteiger partial charge in [0.1, 0.15) is 0 Å². The first-order chi connectivity index (χ1) is 9.09. The zero-order valence-corrected chi connectivity index (χ0v) is 11.2. The molecule has 2 rings (SSSR count). The lowest BCUT2D eigenvalue weighted by Crippen LogP contribution is -2.44. The lowest BCUT2D eigenvalue weighted by molar-refractivity contribution is -0.126. The molecule has 1 aromatic rings. The van der Waals surface area contributed by atoms with Crippen molar-refractivity contribution in [2.75, 3.05) is 19.6 Å². The van der Waals surface area contributed by atoms with Crippen LogP contribution in [0.2, 0.25) is 0 Å². The van der Waals surface area contributed by atoms with Gasteiger partial charge in [0.2, 0.25) is 5.91 Å². The fourth-order valence-corrected chi connectivity index (χ4v) is 1.97. The lowest BCUT2D eigenvalue weighted by Gasteiger charge is -2.22. The van der Waals surface area contributed by atoms with E-state index in [0.717, 1.165) is 0 Å². The first-order valence-corrected chi connectivity index (χ1v) is 6.40. The van der Waals surface area contributed by atoms with Gasteiger partial charge >= 0.3 is 6.03 Å². The van der Waals surface area contributed by atoms with Crippen LogP contribution in [0.4, 0.5) is 4.79 Å². The Kier molecular flexibility index (Phi) is 4.16. The first-order valence-electron chi connectivity index (χ1n) is 6.40. The van der Waals surface area contributed by atoms with E-state index in [-0.39, 0.29) is 30.6 Å². The highest BCUT2D eigenvalue weighted by Crippen LogP contribution is 2.08. The molecule has 1 aromatic heterocycles. The van der Waals surface area contributed by atoms with Crippen LogP contribution in [0, 0.1) is 0 Å². The van der Waals surface area contributed by atoms with Crippen molar-refractivity contribution >= 4 is 11.9 Å². The van der Waals surface area contributed by atoms with Crippen molar-refractivity contribution in [1.82, 2.24) is 25.3 Å². The van der Waals surface area contributed by atoms with Crippen molar-refractivity contribution in [3.8, 4) is 0 Å². The highest BCUT2D eigenvalue weighted by atomic mass is 16.2. The van der Waals surface area contributed by atoms with E-state index in [4.69, 9.17) is 0 Å². The van der Waals surface area contributed by atoms with Gasteiger partial charge in [-0.3, -0.25) is 14.4 Å². The minimum atomic E-state index is -0.306. The molecule has 1 aliphatic rings. The first kappa shape index (κ1) is 13.5. The van der Waals surface area contributed by atoms with Gasteiger partial charge in [-0.1, -0.05) is 0 Å². The predicted octanol–water partition coefficient (Wildman–Crippen LogP) is -0.0260. The van der Waals surface area contributed by atoms with E-state index in [0.29, 0.717) is 13.1 Å². The summed E-state index contributed by atoms with van der Waals surface area (Å²) >= 11 is 0. The van der Waals surface area contributed by atoms with Gasteiger partial charge in [0.05, 0.1) is 12.6 Å². The fraction of sp³-hybridized carbons (Fsp3) is 0.583. The molecule has 104 valence electrons. The number of amides is 3. The summed E-state index contributed by atoms with van der Waals surface area (Å²) in [5, 5.41) is 9.91. The summed E-state index contributed by atoms with van der Waals surface area (Å²) in [6, 6.07) is 1.77.